The molecule has 2 heterocycles. The fourth-order valence-electron chi connectivity index (χ4n) is 6.20. The van der Waals surface area contributed by atoms with Crippen LogP contribution in [0.15, 0.2) is 54.6 Å². The third-order valence-corrected chi connectivity index (χ3v) is 9.10. The molecule has 1 aliphatic heterocycles. The number of nitrogens with one attached hydrogen (secondary N) is 1. The quantitative estimate of drug-likeness (QED) is 0.355. The monoisotopic (exact) mass is 599 g/mol. The van der Waals surface area contributed by atoms with Crippen molar-refractivity contribution in [2.24, 2.45) is 0 Å². The third kappa shape index (κ3) is 6.38. The summed E-state index contributed by atoms with van der Waals surface area (Å²) in [5, 5.41) is 1.38. The topological polar surface area (TPSA) is 88.6 Å². The standard InChI is InChI=1S/C31H35F3N4O3S/c1-19-16-24(17-20(2)35-19)38-14-12-23(13-15-38)37(3)30(39)22-9-8-21-10-11-28(26(21)18-22)36-29(42(40)41)25-6-4-5-7-27(25)31(32,33)34/h4-9,16-18,23,28-29,36H,10-15H2,1-3H3,(H,40,41)/p-1. The maximum absolute atomic E-state index is 13.7. The summed E-state index contributed by atoms with van der Waals surface area (Å²) in [5.41, 5.74) is 3.92. The number of carbonyl (C=O) groups is 1. The Labute approximate surface area is 246 Å². The first-order valence-corrected chi connectivity index (χ1v) is 15.2. The molecular formula is C31H34F3N4O3S-. The minimum atomic E-state index is -4.69. The van der Waals surface area contributed by atoms with Crippen LogP contribution in [0.1, 0.15) is 74.7 Å². The number of amides is 1. The molecule has 2 aliphatic rings. The number of pyridine rings is 1. The number of hydrogen-bond acceptors (Lipinski definition) is 6. The van der Waals surface area contributed by atoms with E-state index in [1.807, 2.05) is 19.9 Å². The van der Waals surface area contributed by atoms with Gasteiger partial charge in [-0.15, -0.1) is 0 Å². The molecule has 0 spiro atoms. The maximum atomic E-state index is 13.7. The van der Waals surface area contributed by atoms with E-state index in [2.05, 4.69) is 27.3 Å². The number of piperidine rings is 1. The van der Waals surface area contributed by atoms with Crippen molar-refractivity contribution in [3.8, 4) is 0 Å². The Morgan fingerprint density at radius 2 is 1.74 bits per heavy atom. The highest BCUT2D eigenvalue weighted by molar-refractivity contribution is 7.79. The number of rotatable bonds is 7. The smallest absolute Gasteiger partial charge is 0.416 e. The van der Waals surface area contributed by atoms with Gasteiger partial charge in [-0.3, -0.25) is 19.3 Å². The summed E-state index contributed by atoms with van der Waals surface area (Å²) in [6, 6.07) is 13.8. The summed E-state index contributed by atoms with van der Waals surface area (Å²) in [4.78, 5) is 22.1. The number of anilines is 1. The normalized spacial score (nSPS) is 18.9. The lowest BCUT2D eigenvalue weighted by Crippen LogP contribution is -2.45. The molecule has 5 rings (SSSR count). The second-order valence-electron chi connectivity index (χ2n) is 11.1. The van der Waals surface area contributed by atoms with E-state index in [9.17, 15) is 26.7 Å². The lowest BCUT2D eigenvalue weighted by Gasteiger charge is -2.38. The van der Waals surface area contributed by atoms with Gasteiger partial charge in [0.25, 0.3) is 5.91 Å². The van der Waals surface area contributed by atoms with E-state index in [0.29, 0.717) is 18.4 Å². The van der Waals surface area contributed by atoms with Crippen molar-refractivity contribution in [3.05, 3.63) is 93.8 Å². The summed E-state index contributed by atoms with van der Waals surface area (Å²) in [6.07, 6.45) is -1.93. The van der Waals surface area contributed by atoms with Gasteiger partial charge in [-0.2, -0.15) is 13.2 Å². The minimum absolute atomic E-state index is 0.0612. The fraction of sp³-hybridized carbons (Fsp3) is 0.419. The average molecular weight is 600 g/mol. The van der Waals surface area contributed by atoms with E-state index in [1.165, 1.54) is 18.2 Å². The zero-order valence-electron chi connectivity index (χ0n) is 23.8. The van der Waals surface area contributed by atoms with Gasteiger partial charge in [0.15, 0.2) is 0 Å². The zero-order chi connectivity index (χ0) is 30.2. The molecule has 0 saturated carbocycles. The van der Waals surface area contributed by atoms with Gasteiger partial charge in [-0.25, -0.2) is 0 Å². The van der Waals surface area contributed by atoms with E-state index in [1.54, 1.807) is 24.1 Å². The van der Waals surface area contributed by atoms with Crippen LogP contribution in [0, 0.1) is 13.8 Å². The van der Waals surface area contributed by atoms with Gasteiger partial charge in [-0.1, -0.05) is 24.3 Å². The van der Waals surface area contributed by atoms with Crippen LogP contribution in [0.2, 0.25) is 0 Å². The molecule has 2 aromatic carbocycles. The molecule has 3 aromatic rings. The van der Waals surface area contributed by atoms with Crippen LogP contribution >= 0.6 is 0 Å². The van der Waals surface area contributed by atoms with Gasteiger partial charge in [-0.05, 0) is 97.6 Å². The molecule has 1 aromatic heterocycles. The van der Waals surface area contributed by atoms with E-state index in [-0.39, 0.29) is 17.5 Å². The molecule has 1 fully saturated rings. The minimum Gasteiger partial charge on any atom is -0.771 e. The Hall–Kier alpha value is -3.28. The SMILES string of the molecule is Cc1cc(N2CCC(N(C)C(=O)c3ccc4c(c3)C(NC(c3ccccc3C(F)(F)F)S(=O)[O-])CC4)CC2)cc(C)n1. The molecule has 42 heavy (non-hydrogen) atoms. The van der Waals surface area contributed by atoms with Crippen molar-refractivity contribution < 1.29 is 26.7 Å². The Balaban J connectivity index is 1.30. The van der Waals surface area contributed by atoms with Crippen LogP contribution in [0.5, 0.6) is 0 Å². The lowest BCUT2D eigenvalue weighted by molar-refractivity contribution is -0.138. The molecule has 0 bridgehead atoms. The summed E-state index contributed by atoms with van der Waals surface area (Å²) in [5.74, 6) is -0.135. The van der Waals surface area contributed by atoms with Gasteiger partial charge in [0, 0.05) is 54.9 Å². The van der Waals surface area contributed by atoms with Crippen molar-refractivity contribution in [1.82, 2.24) is 15.2 Å². The first-order chi connectivity index (χ1) is 19.9. The average Bonchev–Trinajstić information content (AvgIpc) is 3.36. The molecule has 1 aliphatic carbocycles. The highest BCUT2D eigenvalue weighted by atomic mass is 32.2. The highest BCUT2D eigenvalue weighted by Gasteiger charge is 2.37. The predicted octanol–water partition coefficient (Wildman–Crippen LogP) is 5.61. The predicted molar refractivity (Wildman–Crippen MR) is 155 cm³/mol. The van der Waals surface area contributed by atoms with Crippen molar-refractivity contribution in [2.45, 2.75) is 63.2 Å². The first kappa shape index (κ1) is 30.2. The van der Waals surface area contributed by atoms with E-state index in [4.69, 9.17) is 0 Å². The molecule has 1 saturated heterocycles. The molecule has 224 valence electrons. The number of benzene rings is 2. The van der Waals surface area contributed by atoms with Crippen molar-refractivity contribution in [1.29, 1.82) is 0 Å². The fourth-order valence-corrected chi connectivity index (χ4v) is 6.89. The highest BCUT2D eigenvalue weighted by Crippen LogP contribution is 2.39. The van der Waals surface area contributed by atoms with Gasteiger partial charge >= 0.3 is 6.18 Å². The van der Waals surface area contributed by atoms with Gasteiger partial charge < -0.3 is 14.4 Å². The Kier molecular flexibility index (Phi) is 8.73. The summed E-state index contributed by atoms with van der Waals surface area (Å²) >= 11 is -2.86. The number of aromatic nitrogens is 1. The molecule has 3 atom stereocenters. The number of nitrogens with zero attached hydrogens (tertiary/aromatic N) is 3. The van der Waals surface area contributed by atoms with Crippen LogP contribution in [-0.2, 0) is 23.7 Å². The van der Waals surface area contributed by atoms with E-state index in [0.717, 1.165) is 60.2 Å². The van der Waals surface area contributed by atoms with Gasteiger partial charge in [0.05, 0.1) is 10.9 Å². The van der Waals surface area contributed by atoms with E-state index >= 15 is 0 Å². The summed E-state index contributed by atoms with van der Waals surface area (Å²) < 4.78 is 65.3. The molecule has 0 radical (unpaired) electrons. The second-order valence-corrected chi connectivity index (χ2v) is 12.1. The van der Waals surface area contributed by atoms with Gasteiger partial charge in [0.2, 0.25) is 0 Å². The molecule has 3 unspecified atom stereocenters. The zero-order valence-corrected chi connectivity index (χ0v) is 24.6. The summed E-state index contributed by atoms with van der Waals surface area (Å²) in [6.45, 7) is 5.59. The van der Waals surface area contributed by atoms with Crippen LogP contribution in [0.3, 0.4) is 0 Å². The number of halogens is 3. The van der Waals surface area contributed by atoms with Gasteiger partial charge in [0.1, 0.15) is 0 Å². The number of fused-ring (bicyclic) bond motifs is 1. The largest absolute Gasteiger partial charge is 0.771 e. The maximum Gasteiger partial charge on any atom is 0.416 e. The second kappa shape index (κ2) is 12.1. The molecule has 1 amide bonds. The van der Waals surface area contributed by atoms with E-state index < -0.39 is 34.2 Å². The molecule has 1 N–H and O–H groups in total. The molecule has 7 nitrogen and oxygen atoms in total. The third-order valence-electron chi connectivity index (χ3n) is 8.33. The van der Waals surface area contributed by atoms with Crippen molar-refractivity contribution in [3.63, 3.8) is 0 Å². The lowest BCUT2D eigenvalue weighted by atomic mass is 9.99. The number of alkyl halides is 3. The van der Waals surface area contributed by atoms with Crippen molar-refractivity contribution >= 4 is 22.7 Å². The van der Waals surface area contributed by atoms with Crippen LogP contribution in [0.4, 0.5) is 18.9 Å². The van der Waals surface area contributed by atoms with Crippen molar-refractivity contribution in [2.75, 3.05) is 25.0 Å². The van der Waals surface area contributed by atoms with Crippen LogP contribution in [-0.4, -0.2) is 50.7 Å². The molecular weight excluding hydrogens is 565 g/mol. The Bertz CT molecular complexity index is 1470. The number of aryl methyl sites for hydroxylation is 3. The molecule has 11 heteroatoms. The number of carbonyl (C=O) groups excluding carboxylic acids is 1. The van der Waals surface area contributed by atoms with Crippen LogP contribution < -0.4 is 10.2 Å². The summed E-state index contributed by atoms with van der Waals surface area (Å²) in [7, 11) is 1.80. The number of hydrogen-bond donors (Lipinski definition) is 1. The van der Waals surface area contributed by atoms with Crippen LogP contribution in [0.25, 0.3) is 0 Å². The first-order valence-electron chi connectivity index (χ1n) is 14.0. The Morgan fingerprint density at radius 1 is 1.07 bits per heavy atom. The Morgan fingerprint density at radius 3 is 2.38 bits per heavy atom.